The van der Waals surface area contributed by atoms with Crippen LogP contribution >= 0.6 is 0 Å². The maximum Gasteiger partial charge on any atom is 0.409 e. The van der Waals surface area contributed by atoms with Gasteiger partial charge in [0.2, 0.25) is 0 Å². The van der Waals surface area contributed by atoms with Crippen LogP contribution in [0.4, 0.5) is 4.79 Å². The smallest absolute Gasteiger partial charge is 0.409 e. The quantitative estimate of drug-likeness (QED) is 0.394. The third-order valence-corrected chi connectivity index (χ3v) is 3.84. The average Bonchev–Trinajstić information content (AvgIpc) is 2.60. The molecule has 9 nitrogen and oxygen atoms in total. The van der Waals surface area contributed by atoms with Gasteiger partial charge < -0.3 is 25.5 Å². The summed E-state index contributed by atoms with van der Waals surface area (Å²) < 4.78 is 5.23. The van der Waals surface area contributed by atoms with Gasteiger partial charge in [-0.05, 0) is 37.0 Å². The fourth-order valence-corrected chi connectivity index (χ4v) is 2.47. The molecule has 25 heavy (non-hydrogen) atoms. The lowest BCUT2D eigenvalue weighted by atomic mass is 9.97. The molecule has 1 aromatic rings. The Bertz CT molecular complexity index is 633. The molecule has 0 bridgehead atoms. The number of ether oxygens (including phenoxy) is 1. The zero-order valence-corrected chi connectivity index (χ0v) is 13.6. The third-order valence-electron chi connectivity index (χ3n) is 3.84. The minimum absolute atomic E-state index is 0.0781. The molecule has 2 rings (SSSR count). The number of piperidine rings is 1. The van der Waals surface area contributed by atoms with E-state index in [2.05, 4.69) is 9.99 Å². The summed E-state index contributed by atoms with van der Waals surface area (Å²) in [5, 5.41) is 21.6. The Morgan fingerprint density at radius 3 is 2.68 bits per heavy atom. The van der Waals surface area contributed by atoms with Crippen molar-refractivity contribution in [3.05, 3.63) is 29.8 Å². The Hall–Kier alpha value is -2.65. The molecule has 1 amide bonds. The second kappa shape index (κ2) is 8.45. The summed E-state index contributed by atoms with van der Waals surface area (Å²) >= 11 is 0. The molecule has 9 heteroatoms. The standard InChI is InChI=1S/C16H21N3O6/c17-16(7-1-2-8-19(16)15(22)23)11-18-25-14(21)10-24-13-5-3-12(9-20)4-6-13/h3-6,11,20H,1-2,7-10,17H2,(H,22,23)/b18-11-/t16-/m0/s1. The molecule has 1 atom stereocenters. The largest absolute Gasteiger partial charge is 0.482 e. The molecule has 136 valence electrons. The van der Waals surface area contributed by atoms with Gasteiger partial charge >= 0.3 is 12.1 Å². The van der Waals surface area contributed by atoms with Gasteiger partial charge in [0.25, 0.3) is 0 Å². The number of benzene rings is 1. The highest BCUT2D eigenvalue weighted by Gasteiger charge is 2.37. The molecule has 1 aliphatic heterocycles. The maximum absolute atomic E-state index is 11.6. The molecular weight excluding hydrogens is 330 g/mol. The van der Waals surface area contributed by atoms with Crippen molar-refractivity contribution < 1.29 is 29.4 Å². The summed E-state index contributed by atoms with van der Waals surface area (Å²) in [5.74, 6) is -0.304. The van der Waals surface area contributed by atoms with Gasteiger partial charge in [-0.2, -0.15) is 0 Å². The molecule has 0 spiro atoms. The summed E-state index contributed by atoms with van der Waals surface area (Å²) in [7, 11) is 0. The number of carbonyl (C=O) groups excluding carboxylic acids is 1. The van der Waals surface area contributed by atoms with Crippen molar-refractivity contribution in [2.45, 2.75) is 31.5 Å². The van der Waals surface area contributed by atoms with E-state index in [9.17, 15) is 14.7 Å². The zero-order valence-electron chi connectivity index (χ0n) is 13.6. The molecule has 0 aliphatic carbocycles. The summed E-state index contributed by atoms with van der Waals surface area (Å²) in [5.41, 5.74) is 5.47. The van der Waals surface area contributed by atoms with Crippen molar-refractivity contribution in [2.24, 2.45) is 10.9 Å². The van der Waals surface area contributed by atoms with Crippen molar-refractivity contribution in [2.75, 3.05) is 13.2 Å². The Balaban J connectivity index is 1.83. The molecule has 1 heterocycles. The number of rotatable bonds is 6. The number of amides is 1. The molecular formula is C16H21N3O6. The topological polar surface area (TPSA) is 135 Å². The fraction of sp³-hybridized carbons (Fsp3) is 0.438. The van der Waals surface area contributed by atoms with E-state index < -0.39 is 17.7 Å². The second-order valence-electron chi connectivity index (χ2n) is 5.67. The van der Waals surface area contributed by atoms with E-state index in [-0.39, 0.29) is 13.2 Å². The van der Waals surface area contributed by atoms with Crippen LogP contribution in [0.25, 0.3) is 0 Å². The van der Waals surface area contributed by atoms with Crippen molar-refractivity contribution in [1.29, 1.82) is 0 Å². The van der Waals surface area contributed by atoms with Crippen LogP contribution in [-0.4, -0.2) is 52.2 Å². The first-order valence-electron chi connectivity index (χ1n) is 7.81. The fourth-order valence-electron chi connectivity index (χ4n) is 2.47. The lowest BCUT2D eigenvalue weighted by Gasteiger charge is -2.39. The van der Waals surface area contributed by atoms with E-state index >= 15 is 0 Å². The van der Waals surface area contributed by atoms with E-state index in [0.717, 1.165) is 29.5 Å². The molecule has 1 fully saturated rings. The van der Waals surface area contributed by atoms with Crippen LogP contribution in [0.3, 0.4) is 0 Å². The normalized spacial score (nSPS) is 20.5. The average molecular weight is 351 g/mol. The van der Waals surface area contributed by atoms with Gasteiger partial charge in [0.1, 0.15) is 11.4 Å². The van der Waals surface area contributed by atoms with Crippen LogP contribution in [0, 0.1) is 0 Å². The predicted molar refractivity (Wildman–Crippen MR) is 87.9 cm³/mol. The molecule has 1 aromatic carbocycles. The highest BCUT2D eigenvalue weighted by atomic mass is 16.7. The summed E-state index contributed by atoms with van der Waals surface area (Å²) in [6.45, 7) is -0.139. The Morgan fingerprint density at radius 1 is 1.32 bits per heavy atom. The summed E-state index contributed by atoms with van der Waals surface area (Å²) in [6, 6.07) is 6.56. The van der Waals surface area contributed by atoms with Crippen LogP contribution in [0.15, 0.2) is 29.4 Å². The minimum atomic E-state index is -1.29. The van der Waals surface area contributed by atoms with Crippen LogP contribution < -0.4 is 10.5 Å². The van der Waals surface area contributed by atoms with Gasteiger partial charge in [0.15, 0.2) is 6.61 Å². The first kappa shape index (κ1) is 18.7. The molecule has 1 aliphatic rings. The van der Waals surface area contributed by atoms with Gasteiger partial charge in [-0.1, -0.05) is 17.3 Å². The van der Waals surface area contributed by atoms with Gasteiger partial charge in [0.05, 0.1) is 12.8 Å². The van der Waals surface area contributed by atoms with Crippen LogP contribution in [0.1, 0.15) is 24.8 Å². The Kier molecular flexibility index (Phi) is 6.31. The van der Waals surface area contributed by atoms with E-state index in [1.165, 1.54) is 0 Å². The van der Waals surface area contributed by atoms with Crippen LogP contribution in [-0.2, 0) is 16.2 Å². The summed E-state index contributed by atoms with van der Waals surface area (Å²) in [6.07, 6.45) is 1.87. The van der Waals surface area contributed by atoms with Crippen molar-refractivity contribution >= 4 is 18.3 Å². The number of likely N-dealkylation sites (tertiary alicyclic amines) is 1. The lowest BCUT2D eigenvalue weighted by molar-refractivity contribution is -0.146. The molecule has 0 aromatic heterocycles. The molecule has 0 radical (unpaired) electrons. The SMILES string of the molecule is N[C@@]1(/C=N\OC(=O)COc2ccc(CO)cc2)CCCCN1C(=O)O. The third kappa shape index (κ3) is 5.16. The monoisotopic (exact) mass is 351 g/mol. The number of hydrogen-bond donors (Lipinski definition) is 3. The molecule has 1 saturated heterocycles. The highest BCUT2D eigenvalue weighted by Crippen LogP contribution is 2.22. The first-order chi connectivity index (χ1) is 11.9. The van der Waals surface area contributed by atoms with Gasteiger partial charge in [-0.25, -0.2) is 9.59 Å². The lowest BCUT2D eigenvalue weighted by Crippen LogP contribution is -2.61. The van der Waals surface area contributed by atoms with Crippen molar-refractivity contribution in [1.82, 2.24) is 4.90 Å². The number of oxime groups is 1. The van der Waals surface area contributed by atoms with E-state index in [1.54, 1.807) is 24.3 Å². The predicted octanol–water partition coefficient (Wildman–Crippen LogP) is 0.906. The number of nitrogens with two attached hydrogens (primary N) is 1. The zero-order chi connectivity index (χ0) is 18.3. The number of aliphatic hydroxyl groups is 1. The Morgan fingerprint density at radius 2 is 2.04 bits per heavy atom. The number of carbonyl (C=O) groups is 2. The van der Waals surface area contributed by atoms with E-state index in [0.29, 0.717) is 18.7 Å². The molecule has 0 saturated carbocycles. The maximum atomic E-state index is 11.6. The van der Waals surface area contributed by atoms with Crippen molar-refractivity contribution in [3.63, 3.8) is 0 Å². The number of aliphatic hydroxyl groups excluding tert-OH is 1. The van der Waals surface area contributed by atoms with Gasteiger partial charge in [-0.15, -0.1) is 0 Å². The number of hydrogen-bond acceptors (Lipinski definition) is 7. The molecule has 0 unspecified atom stereocenters. The van der Waals surface area contributed by atoms with Crippen molar-refractivity contribution in [3.8, 4) is 5.75 Å². The second-order valence-corrected chi connectivity index (χ2v) is 5.67. The van der Waals surface area contributed by atoms with Gasteiger partial charge in [0, 0.05) is 6.54 Å². The Labute approximate surface area is 144 Å². The highest BCUT2D eigenvalue weighted by molar-refractivity contribution is 5.78. The van der Waals surface area contributed by atoms with Gasteiger partial charge in [-0.3, -0.25) is 4.90 Å². The van der Waals surface area contributed by atoms with E-state index in [4.69, 9.17) is 15.6 Å². The number of nitrogens with zero attached hydrogens (tertiary/aromatic N) is 2. The van der Waals surface area contributed by atoms with Crippen LogP contribution in [0.5, 0.6) is 5.75 Å². The minimum Gasteiger partial charge on any atom is -0.482 e. The van der Waals surface area contributed by atoms with Crippen LogP contribution in [0.2, 0.25) is 0 Å². The number of carboxylic acid groups (broad SMARTS) is 1. The van der Waals surface area contributed by atoms with E-state index in [1.807, 2.05) is 0 Å². The summed E-state index contributed by atoms with van der Waals surface area (Å²) in [4.78, 5) is 28.6. The first-order valence-corrected chi connectivity index (χ1v) is 7.81. The molecule has 4 N–H and O–H groups in total.